The Labute approximate surface area is 135 Å². The fraction of sp³-hybridized carbons (Fsp3) is 0.647. The molecule has 0 atom stereocenters. The summed E-state index contributed by atoms with van der Waals surface area (Å²) in [5, 5.41) is 3.62. The van der Waals surface area contributed by atoms with Gasteiger partial charge in [-0.2, -0.15) is 0 Å². The molecule has 0 heterocycles. The smallest absolute Gasteiger partial charge is 0.161 e. The molecule has 0 spiro atoms. The maximum absolute atomic E-state index is 5.34. The van der Waals surface area contributed by atoms with E-state index in [0.29, 0.717) is 5.41 Å². The highest BCUT2D eigenvalue weighted by Gasteiger charge is 2.24. The zero-order valence-electron chi connectivity index (χ0n) is 14.4. The molecule has 3 nitrogen and oxygen atoms in total. The van der Waals surface area contributed by atoms with Crippen molar-refractivity contribution < 1.29 is 9.47 Å². The van der Waals surface area contributed by atoms with Crippen molar-refractivity contribution in [2.45, 2.75) is 53.1 Å². The molecule has 1 aromatic rings. The second-order valence-corrected chi connectivity index (χ2v) is 7.16. The van der Waals surface area contributed by atoms with Crippen LogP contribution in [-0.4, -0.2) is 19.8 Å². The summed E-state index contributed by atoms with van der Waals surface area (Å²) >= 11 is 0. The van der Waals surface area contributed by atoms with Crippen LogP contribution < -0.4 is 14.8 Å². The van der Waals surface area contributed by atoms with E-state index in [4.69, 9.17) is 9.47 Å². The van der Waals surface area contributed by atoms with E-state index in [2.05, 4.69) is 46.0 Å². The molecule has 0 aliphatic rings. The molecule has 122 valence electrons. The highest BCUT2D eigenvalue weighted by molar-refractivity contribution is 5.85. The van der Waals surface area contributed by atoms with Gasteiger partial charge in [-0.25, -0.2) is 0 Å². The lowest BCUT2D eigenvalue weighted by molar-refractivity contribution is 0.240. The fourth-order valence-electron chi connectivity index (χ4n) is 2.72. The monoisotopic (exact) mass is 315 g/mol. The molecule has 0 amide bonds. The standard InChI is InChI=1S/C17H29NO2.ClH/c1-16(2,3)12-17(4,5)18-11-13-8-9-14(19-6)15(10-13)20-7;/h8-10,18H,11-12H2,1-7H3;1H. The van der Waals surface area contributed by atoms with Gasteiger partial charge in [-0.05, 0) is 43.4 Å². The minimum atomic E-state index is 0. The van der Waals surface area contributed by atoms with E-state index < -0.39 is 0 Å². The lowest BCUT2D eigenvalue weighted by Crippen LogP contribution is -2.41. The molecule has 0 aliphatic carbocycles. The van der Waals surface area contributed by atoms with Crippen molar-refractivity contribution in [3.8, 4) is 11.5 Å². The summed E-state index contributed by atoms with van der Waals surface area (Å²) in [6.45, 7) is 12.1. The van der Waals surface area contributed by atoms with Crippen molar-refractivity contribution >= 4 is 12.4 Å². The first-order chi connectivity index (χ1) is 9.17. The largest absolute Gasteiger partial charge is 0.493 e. The average molecular weight is 316 g/mol. The Bertz CT molecular complexity index is 439. The van der Waals surface area contributed by atoms with Crippen LogP contribution in [0.25, 0.3) is 0 Å². The normalized spacial score (nSPS) is 11.8. The van der Waals surface area contributed by atoms with Gasteiger partial charge in [-0.3, -0.25) is 0 Å². The predicted octanol–water partition coefficient (Wildman–Crippen LogP) is 4.43. The first kappa shape index (κ1) is 20.1. The SMILES string of the molecule is COc1ccc(CNC(C)(C)CC(C)(C)C)cc1OC.Cl. The summed E-state index contributed by atoms with van der Waals surface area (Å²) in [4.78, 5) is 0. The number of hydrogen-bond donors (Lipinski definition) is 1. The second-order valence-electron chi connectivity index (χ2n) is 7.16. The molecule has 21 heavy (non-hydrogen) atoms. The Kier molecular flexibility index (Phi) is 7.55. The van der Waals surface area contributed by atoms with Gasteiger partial charge in [-0.1, -0.05) is 26.8 Å². The molecule has 0 aliphatic heterocycles. The van der Waals surface area contributed by atoms with Gasteiger partial charge >= 0.3 is 0 Å². The van der Waals surface area contributed by atoms with Crippen LogP contribution in [0.3, 0.4) is 0 Å². The number of nitrogens with one attached hydrogen (secondary N) is 1. The quantitative estimate of drug-likeness (QED) is 0.842. The van der Waals surface area contributed by atoms with E-state index in [1.165, 1.54) is 5.56 Å². The van der Waals surface area contributed by atoms with Crippen molar-refractivity contribution in [1.29, 1.82) is 0 Å². The number of benzene rings is 1. The highest BCUT2D eigenvalue weighted by atomic mass is 35.5. The Morgan fingerprint density at radius 3 is 2.00 bits per heavy atom. The number of ether oxygens (including phenoxy) is 2. The lowest BCUT2D eigenvalue weighted by Gasteiger charge is -2.33. The molecule has 0 radical (unpaired) electrons. The zero-order valence-corrected chi connectivity index (χ0v) is 15.2. The molecule has 0 saturated carbocycles. The van der Waals surface area contributed by atoms with Crippen molar-refractivity contribution in [3.63, 3.8) is 0 Å². The minimum Gasteiger partial charge on any atom is -0.493 e. The van der Waals surface area contributed by atoms with Gasteiger partial charge in [-0.15, -0.1) is 12.4 Å². The van der Waals surface area contributed by atoms with Gasteiger partial charge in [0, 0.05) is 12.1 Å². The van der Waals surface area contributed by atoms with Crippen LogP contribution in [0.1, 0.15) is 46.6 Å². The van der Waals surface area contributed by atoms with Crippen LogP contribution in [0.15, 0.2) is 18.2 Å². The Morgan fingerprint density at radius 2 is 1.52 bits per heavy atom. The van der Waals surface area contributed by atoms with Crippen molar-refractivity contribution in [2.75, 3.05) is 14.2 Å². The molecule has 0 saturated heterocycles. The summed E-state index contributed by atoms with van der Waals surface area (Å²) in [6.07, 6.45) is 1.12. The summed E-state index contributed by atoms with van der Waals surface area (Å²) in [6, 6.07) is 6.05. The van der Waals surface area contributed by atoms with Gasteiger partial charge in [0.1, 0.15) is 0 Å². The van der Waals surface area contributed by atoms with E-state index in [-0.39, 0.29) is 17.9 Å². The van der Waals surface area contributed by atoms with Crippen LogP contribution in [0.4, 0.5) is 0 Å². The van der Waals surface area contributed by atoms with E-state index in [1.807, 2.05) is 12.1 Å². The van der Waals surface area contributed by atoms with Crippen molar-refractivity contribution in [2.24, 2.45) is 5.41 Å². The predicted molar refractivity (Wildman–Crippen MR) is 91.8 cm³/mol. The summed E-state index contributed by atoms with van der Waals surface area (Å²) in [5.74, 6) is 1.55. The van der Waals surface area contributed by atoms with Crippen molar-refractivity contribution in [3.05, 3.63) is 23.8 Å². The molecule has 0 bridgehead atoms. The van der Waals surface area contributed by atoms with Crippen LogP contribution >= 0.6 is 12.4 Å². The number of hydrogen-bond acceptors (Lipinski definition) is 3. The number of halogens is 1. The number of rotatable bonds is 6. The molecule has 0 fully saturated rings. The Morgan fingerprint density at radius 1 is 0.952 bits per heavy atom. The molecule has 0 aromatic heterocycles. The van der Waals surface area contributed by atoms with Crippen LogP contribution in [0, 0.1) is 5.41 Å². The third-order valence-corrected chi connectivity index (χ3v) is 3.19. The molecule has 0 unspecified atom stereocenters. The van der Waals surface area contributed by atoms with Gasteiger partial charge < -0.3 is 14.8 Å². The first-order valence-electron chi connectivity index (χ1n) is 7.13. The minimum absolute atomic E-state index is 0. The number of methoxy groups -OCH3 is 2. The van der Waals surface area contributed by atoms with E-state index in [1.54, 1.807) is 14.2 Å². The average Bonchev–Trinajstić information content (AvgIpc) is 2.33. The molecule has 4 heteroatoms. The zero-order chi connectivity index (χ0) is 15.4. The van der Waals surface area contributed by atoms with E-state index in [9.17, 15) is 0 Å². The maximum atomic E-state index is 5.34. The summed E-state index contributed by atoms with van der Waals surface area (Å²) in [5.41, 5.74) is 1.61. The molecular formula is C17H30ClNO2. The fourth-order valence-corrected chi connectivity index (χ4v) is 2.72. The Hall–Kier alpha value is -0.930. The van der Waals surface area contributed by atoms with Gasteiger partial charge in [0.05, 0.1) is 14.2 Å². The molecule has 1 aromatic carbocycles. The first-order valence-corrected chi connectivity index (χ1v) is 7.13. The summed E-state index contributed by atoms with van der Waals surface area (Å²) in [7, 11) is 3.32. The molecular weight excluding hydrogens is 286 g/mol. The highest BCUT2D eigenvalue weighted by Crippen LogP contribution is 2.29. The van der Waals surface area contributed by atoms with Gasteiger partial charge in [0.25, 0.3) is 0 Å². The third-order valence-electron chi connectivity index (χ3n) is 3.19. The molecule has 1 rings (SSSR count). The van der Waals surface area contributed by atoms with Crippen LogP contribution in [0.2, 0.25) is 0 Å². The van der Waals surface area contributed by atoms with E-state index >= 15 is 0 Å². The van der Waals surface area contributed by atoms with Crippen LogP contribution in [0.5, 0.6) is 11.5 Å². The maximum Gasteiger partial charge on any atom is 0.161 e. The van der Waals surface area contributed by atoms with Gasteiger partial charge in [0.2, 0.25) is 0 Å². The van der Waals surface area contributed by atoms with Crippen LogP contribution in [-0.2, 0) is 6.54 Å². The second kappa shape index (κ2) is 7.90. The van der Waals surface area contributed by atoms with Gasteiger partial charge in [0.15, 0.2) is 11.5 Å². The lowest BCUT2D eigenvalue weighted by atomic mass is 9.82. The summed E-state index contributed by atoms with van der Waals surface area (Å²) < 4.78 is 10.6. The topological polar surface area (TPSA) is 30.5 Å². The Balaban J connectivity index is 0.00000400. The molecule has 1 N–H and O–H groups in total. The third kappa shape index (κ3) is 7.05. The van der Waals surface area contributed by atoms with E-state index in [0.717, 1.165) is 24.5 Å². The van der Waals surface area contributed by atoms with Crippen molar-refractivity contribution in [1.82, 2.24) is 5.32 Å².